The molecule has 2 rings (SSSR count). The Balaban J connectivity index is 1.80. The third-order valence-corrected chi connectivity index (χ3v) is 4.21. The van der Waals surface area contributed by atoms with E-state index in [1.807, 2.05) is 17.5 Å². The summed E-state index contributed by atoms with van der Waals surface area (Å²) < 4.78 is 0. The van der Waals surface area contributed by atoms with Crippen LogP contribution in [0, 0.1) is 0 Å². The summed E-state index contributed by atoms with van der Waals surface area (Å²) >= 11 is 1.54. The summed E-state index contributed by atoms with van der Waals surface area (Å²) in [6.45, 7) is 9.21. The Hall–Kier alpha value is -0.710. The minimum absolute atomic E-state index is 0.262. The molecule has 0 atom stereocenters. The Labute approximate surface area is 107 Å². The van der Waals surface area contributed by atoms with Gasteiger partial charge in [-0.3, -0.25) is 14.6 Å². The molecule has 3 nitrogen and oxygen atoms in total. The molecule has 1 aliphatic rings. The minimum atomic E-state index is 0.262. The highest BCUT2D eigenvalue weighted by Crippen LogP contribution is 2.11. The van der Waals surface area contributed by atoms with Gasteiger partial charge in [0, 0.05) is 32.2 Å². The molecule has 0 N–H and O–H groups in total. The molecule has 1 saturated heterocycles. The fraction of sp³-hybridized carbons (Fsp3) is 0.615. The molecule has 0 aliphatic carbocycles. The van der Waals surface area contributed by atoms with Crippen LogP contribution in [0.4, 0.5) is 0 Å². The molecule has 0 amide bonds. The van der Waals surface area contributed by atoms with Gasteiger partial charge >= 0.3 is 0 Å². The molecule has 2 heterocycles. The van der Waals surface area contributed by atoms with E-state index in [1.54, 1.807) is 0 Å². The maximum absolute atomic E-state index is 11.9. The fourth-order valence-electron chi connectivity index (χ4n) is 2.16. The lowest BCUT2D eigenvalue weighted by atomic mass is 10.2. The van der Waals surface area contributed by atoms with Crippen molar-refractivity contribution in [1.29, 1.82) is 0 Å². The lowest BCUT2D eigenvalue weighted by Gasteiger charge is -2.36. The summed E-state index contributed by atoms with van der Waals surface area (Å²) in [5.41, 5.74) is 0. The van der Waals surface area contributed by atoms with Gasteiger partial charge in [0.2, 0.25) is 0 Å². The van der Waals surface area contributed by atoms with Crippen LogP contribution in [0.15, 0.2) is 17.5 Å². The van der Waals surface area contributed by atoms with Crippen molar-refractivity contribution >= 4 is 17.1 Å². The fourth-order valence-corrected chi connectivity index (χ4v) is 2.81. The van der Waals surface area contributed by atoms with Gasteiger partial charge in [0.25, 0.3) is 0 Å². The largest absolute Gasteiger partial charge is 0.298 e. The molecule has 0 aromatic carbocycles. The van der Waals surface area contributed by atoms with Crippen molar-refractivity contribution in [2.45, 2.75) is 19.9 Å². The van der Waals surface area contributed by atoms with Gasteiger partial charge in [-0.25, -0.2) is 0 Å². The lowest BCUT2D eigenvalue weighted by molar-refractivity contribution is 0.0810. The van der Waals surface area contributed by atoms with Gasteiger partial charge in [-0.2, -0.15) is 0 Å². The van der Waals surface area contributed by atoms with Crippen molar-refractivity contribution in [2.24, 2.45) is 0 Å². The molecule has 1 aliphatic heterocycles. The predicted octanol–water partition coefficient (Wildman–Crippen LogP) is 1.96. The minimum Gasteiger partial charge on any atom is -0.298 e. The molecular formula is C13H20N2OS. The molecule has 17 heavy (non-hydrogen) atoms. The van der Waals surface area contributed by atoms with Gasteiger partial charge in [0.15, 0.2) is 5.78 Å². The van der Waals surface area contributed by atoms with E-state index in [9.17, 15) is 4.79 Å². The van der Waals surface area contributed by atoms with E-state index in [4.69, 9.17) is 0 Å². The van der Waals surface area contributed by atoms with Gasteiger partial charge in [-0.1, -0.05) is 6.07 Å². The van der Waals surface area contributed by atoms with Crippen molar-refractivity contribution in [3.05, 3.63) is 22.4 Å². The highest BCUT2D eigenvalue weighted by molar-refractivity contribution is 7.12. The summed E-state index contributed by atoms with van der Waals surface area (Å²) in [5.74, 6) is 0.262. The number of piperazine rings is 1. The number of ketones is 1. The second-order valence-electron chi connectivity index (χ2n) is 4.81. The van der Waals surface area contributed by atoms with Crippen LogP contribution in [0.1, 0.15) is 23.5 Å². The van der Waals surface area contributed by atoms with Crippen LogP contribution in [-0.2, 0) is 0 Å². The Morgan fingerprint density at radius 3 is 2.59 bits per heavy atom. The van der Waals surface area contributed by atoms with E-state index in [1.165, 1.54) is 11.3 Å². The molecule has 0 radical (unpaired) electrons. The zero-order valence-corrected chi connectivity index (χ0v) is 11.4. The van der Waals surface area contributed by atoms with E-state index in [-0.39, 0.29) is 5.78 Å². The van der Waals surface area contributed by atoms with Crippen LogP contribution in [0.5, 0.6) is 0 Å². The van der Waals surface area contributed by atoms with E-state index in [0.29, 0.717) is 12.6 Å². The monoisotopic (exact) mass is 252 g/mol. The van der Waals surface area contributed by atoms with E-state index in [2.05, 4.69) is 23.6 Å². The maximum Gasteiger partial charge on any atom is 0.186 e. The number of Topliss-reactive ketones (excluding diaryl/α,β-unsaturated/α-hetero) is 1. The molecule has 1 fully saturated rings. The molecule has 0 spiro atoms. The second kappa shape index (κ2) is 5.76. The molecule has 1 aromatic heterocycles. The van der Waals surface area contributed by atoms with Gasteiger partial charge in [0.05, 0.1) is 11.4 Å². The summed E-state index contributed by atoms with van der Waals surface area (Å²) in [7, 11) is 0. The van der Waals surface area contributed by atoms with Gasteiger partial charge in [-0.15, -0.1) is 11.3 Å². The number of hydrogen-bond donors (Lipinski definition) is 0. The molecule has 0 unspecified atom stereocenters. The smallest absolute Gasteiger partial charge is 0.186 e. The number of thiophene rings is 1. The Morgan fingerprint density at radius 1 is 1.35 bits per heavy atom. The lowest BCUT2D eigenvalue weighted by Crippen LogP contribution is -2.49. The number of carbonyl (C=O) groups excluding carboxylic acids is 1. The Bertz CT molecular complexity index is 354. The van der Waals surface area contributed by atoms with E-state index in [0.717, 1.165) is 31.1 Å². The SMILES string of the molecule is CC(C)N1CCN(CC(=O)c2cccs2)CC1. The van der Waals surface area contributed by atoms with Crippen molar-refractivity contribution in [2.75, 3.05) is 32.7 Å². The van der Waals surface area contributed by atoms with E-state index >= 15 is 0 Å². The van der Waals surface area contributed by atoms with Crippen LogP contribution < -0.4 is 0 Å². The highest BCUT2D eigenvalue weighted by atomic mass is 32.1. The molecule has 0 saturated carbocycles. The highest BCUT2D eigenvalue weighted by Gasteiger charge is 2.20. The molecule has 94 valence electrons. The third kappa shape index (κ3) is 3.37. The summed E-state index contributed by atoms with van der Waals surface area (Å²) in [6, 6.07) is 4.47. The Morgan fingerprint density at radius 2 is 2.06 bits per heavy atom. The second-order valence-corrected chi connectivity index (χ2v) is 5.75. The first kappa shape index (κ1) is 12.7. The number of rotatable bonds is 4. The van der Waals surface area contributed by atoms with Gasteiger partial charge in [0.1, 0.15) is 0 Å². The molecule has 4 heteroatoms. The first-order valence-electron chi connectivity index (χ1n) is 6.20. The van der Waals surface area contributed by atoms with Crippen molar-refractivity contribution in [1.82, 2.24) is 9.80 Å². The first-order valence-corrected chi connectivity index (χ1v) is 7.08. The average Bonchev–Trinajstić information content (AvgIpc) is 2.83. The summed E-state index contributed by atoms with van der Waals surface area (Å²) in [5, 5.41) is 1.96. The number of carbonyl (C=O) groups is 1. The topological polar surface area (TPSA) is 23.6 Å². The van der Waals surface area contributed by atoms with Gasteiger partial charge in [-0.05, 0) is 25.3 Å². The zero-order valence-electron chi connectivity index (χ0n) is 10.6. The summed E-state index contributed by atoms with van der Waals surface area (Å²) in [6.07, 6.45) is 0. The van der Waals surface area contributed by atoms with Crippen LogP contribution >= 0.6 is 11.3 Å². The molecule has 0 bridgehead atoms. The maximum atomic E-state index is 11.9. The van der Waals surface area contributed by atoms with Crippen molar-refractivity contribution < 1.29 is 4.79 Å². The summed E-state index contributed by atoms with van der Waals surface area (Å²) in [4.78, 5) is 17.6. The zero-order chi connectivity index (χ0) is 12.3. The predicted molar refractivity (Wildman–Crippen MR) is 71.8 cm³/mol. The Kier molecular flexibility index (Phi) is 4.31. The quantitative estimate of drug-likeness (QED) is 0.765. The van der Waals surface area contributed by atoms with Crippen LogP contribution in [0.2, 0.25) is 0 Å². The normalized spacial score (nSPS) is 18.8. The van der Waals surface area contributed by atoms with Gasteiger partial charge < -0.3 is 0 Å². The van der Waals surface area contributed by atoms with Crippen molar-refractivity contribution in [3.8, 4) is 0 Å². The number of hydrogen-bond acceptors (Lipinski definition) is 4. The third-order valence-electron chi connectivity index (χ3n) is 3.30. The first-order chi connectivity index (χ1) is 8.16. The van der Waals surface area contributed by atoms with Crippen LogP contribution in [-0.4, -0.2) is 54.3 Å². The standard InChI is InChI=1S/C13H20N2OS/c1-11(2)15-7-5-14(6-8-15)10-12(16)13-4-3-9-17-13/h3-4,9,11H,5-8,10H2,1-2H3. The average molecular weight is 252 g/mol. The molecular weight excluding hydrogens is 232 g/mol. The molecule has 1 aromatic rings. The van der Waals surface area contributed by atoms with Crippen LogP contribution in [0.3, 0.4) is 0 Å². The van der Waals surface area contributed by atoms with Crippen LogP contribution in [0.25, 0.3) is 0 Å². The van der Waals surface area contributed by atoms with E-state index < -0.39 is 0 Å². The number of nitrogens with zero attached hydrogens (tertiary/aromatic N) is 2. The van der Waals surface area contributed by atoms with Crippen molar-refractivity contribution in [3.63, 3.8) is 0 Å².